The van der Waals surface area contributed by atoms with Gasteiger partial charge in [-0.15, -0.1) is 0 Å². The summed E-state index contributed by atoms with van der Waals surface area (Å²) < 4.78 is 77.3. The molecular weight excluding hydrogens is 629 g/mol. The number of benzene rings is 7. The van der Waals surface area contributed by atoms with Crippen molar-refractivity contribution in [1.82, 2.24) is 0 Å². The largest absolute Gasteiger partial charge is 0.453 e. The lowest BCUT2D eigenvalue weighted by molar-refractivity contribution is 0.583. The molecule has 49 heavy (non-hydrogen) atoms. The summed E-state index contributed by atoms with van der Waals surface area (Å²) in [5.41, 5.74) is 6.41. The maximum Gasteiger partial charge on any atom is 0.171 e. The molecule has 0 aliphatic rings. The van der Waals surface area contributed by atoms with Crippen molar-refractivity contribution in [1.29, 1.82) is 0 Å². The van der Waals surface area contributed by atoms with E-state index >= 15 is 0 Å². The van der Waals surface area contributed by atoms with Gasteiger partial charge in [0.1, 0.15) is 28.9 Å². The zero-order valence-corrected chi connectivity index (χ0v) is 25.6. The van der Waals surface area contributed by atoms with Crippen LogP contribution in [0.5, 0.6) is 0 Å². The van der Waals surface area contributed by atoms with Crippen LogP contribution in [0, 0.1) is 29.1 Å². The third-order valence-electron chi connectivity index (χ3n) is 8.49. The predicted molar refractivity (Wildman–Crippen MR) is 185 cm³/mol. The summed E-state index contributed by atoms with van der Waals surface area (Å²) in [6.07, 6.45) is 0. The number of hydrogen-bond acceptors (Lipinski definition) is 2. The molecule has 238 valence electrons. The van der Waals surface area contributed by atoms with Gasteiger partial charge in [0.05, 0.1) is 0 Å². The average Bonchev–Trinajstić information content (AvgIpc) is 3.47. The van der Waals surface area contributed by atoms with Crippen LogP contribution in [0.4, 0.5) is 39.0 Å². The molecule has 0 aliphatic heterocycles. The zero-order valence-electron chi connectivity index (χ0n) is 25.6. The summed E-state index contributed by atoms with van der Waals surface area (Å²) in [7, 11) is 0. The van der Waals surface area contributed by atoms with Crippen molar-refractivity contribution in [3.63, 3.8) is 0 Å². The molecule has 0 saturated heterocycles. The van der Waals surface area contributed by atoms with Gasteiger partial charge in [0.2, 0.25) is 0 Å². The van der Waals surface area contributed by atoms with E-state index in [9.17, 15) is 22.0 Å². The molecule has 1 heterocycles. The number of furan rings is 1. The highest BCUT2D eigenvalue weighted by Gasteiger charge is 2.17. The Morgan fingerprint density at radius 2 is 0.816 bits per heavy atom. The van der Waals surface area contributed by atoms with E-state index < -0.39 is 29.1 Å². The highest BCUT2D eigenvalue weighted by Crippen LogP contribution is 2.41. The molecule has 0 fully saturated rings. The van der Waals surface area contributed by atoms with Gasteiger partial charge in [-0.25, -0.2) is 22.0 Å². The van der Waals surface area contributed by atoms with Crippen LogP contribution in [-0.4, -0.2) is 0 Å². The molecule has 0 atom stereocenters. The lowest BCUT2D eigenvalue weighted by atomic mass is 10.0. The van der Waals surface area contributed by atoms with Crippen LogP contribution in [0.25, 0.3) is 55.3 Å². The highest BCUT2D eigenvalue weighted by molar-refractivity contribution is 6.06. The minimum Gasteiger partial charge on any atom is -0.453 e. The first kappa shape index (κ1) is 30.1. The van der Waals surface area contributed by atoms with Crippen molar-refractivity contribution in [2.75, 3.05) is 4.90 Å². The van der Waals surface area contributed by atoms with E-state index in [0.29, 0.717) is 44.6 Å². The maximum absolute atomic E-state index is 14.5. The van der Waals surface area contributed by atoms with Crippen LogP contribution >= 0.6 is 0 Å². The lowest BCUT2D eigenvalue weighted by Crippen LogP contribution is -2.10. The molecule has 0 bridgehead atoms. The maximum atomic E-state index is 14.5. The Labute approximate surface area is 277 Å². The Bertz CT molecular complexity index is 2400. The summed E-state index contributed by atoms with van der Waals surface area (Å²) in [6.45, 7) is 0. The molecule has 0 amide bonds. The molecule has 0 N–H and O–H groups in total. The number of hydrogen-bond donors (Lipinski definition) is 0. The molecule has 8 aromatic rings. The third kappa shape index (κ3) is 5.80. The lowest BCUT2D eigenvalue weighted by Gasteiger charge is -2.27. The fourth-order valence-corrected chi connectivity index (χ4v) is 6.31. The Hall–Kier alpha value is -6.21. The van der Waals surface area contributed by atoms with Crippen LogP contribution in [0.2, 0.25) is 0 Å². The van der Waals surface area contributed by atoms with Gasteiger partial charge in [-0.3, -0.25) is 0 Å². The van der Waals surface area contributed by atoms with Crippen LogP contribution in [-0.2, 0) is 0 Å². The fourth-order valence-electron chi connectivity index (χ4n) is 6.31. The number of rotatable bonds is 6. The van der Waals surface area contributed by atoms with E-state index in [1.54, 1.807) is 30.3 Å². The van der Waals surface area contributed by atoms with Crippen LogP contribution in [0.1, 0.15) is 0 Å². The first-order chi connectivity index (χ1) is 23.8. The number of halogens is 5. The molecule has 1 aromatic heterocycles. The van der Waals surface area contributed by atoms with Crippen molar-refractivity contribution in [3.05, 3.63) is 175 Å². The first-order valence-electron chi connectivity index (χ1n) is 15.4. The summed E-state index contributed by atoms with van der Waals surface area (Å²) >= 11 is 0. The zero-order chi connectivity index (χ0) is 33.6. The smallest absolute Gasteiger partial charge is 0.171 e. The molecule has 7 heteroatoms. The second kappa shape index (κ2) is 12.1. The molecular formula is C42H24F5NO. The van der Waals surface area contributed by atoms with Crippen molar-refractivity contribution in [2.24, 2.45) is 0 Å². The highest BCUT2D eigenvalue weighted by atomic mass is 19.1. The average molecular weight is 654 g/mol. The predicted octanol–water partition coefficient (Wildman–Crippen LogP) is 12.8. The Kier molecular flexibility index (Phi) is 7.45. The number of para-hydroxylation sites is 1. The molecule has 0 radical (unpaired) electrons. The van der Waals surface area contributed by atoms with Crippen molar-refractivity contribution in [2.45, 2.75) is 0 Å². The Balaban J connectivity index is 1.28. The van der Waals surface area contributed by atoms with Gasteiger partial charge in [-0.05, 0) is 112 Å². The Morgan fingerprint density at radius 3 is 1.33 bits per heavy atom. The van der Waals surface area contributed by atoms with Gasteiger partial charge in [0.25, 0.3) is 0 Å². The monoisotopic (exact) mass is 653 g/mol. The van der Waals surface area contributed by atoms with Crippen molar-refractivity contribution >= 4 is 39.0 Å². The first-order valence-corrected chi connectivity index (χ1v) is 15.4. The summed E-state index contributed by atoms with van der Waals surface area (Å²) in [5.74, 6) is -3.19. The summed E-state index contributed by atoms with van der Waals surface area (Å²) in [6, 6.07) is 39.6. The van der Waals surface area contributed by atoms with E-state index in [2.05, 4.69) is 0 Å². The van der Waals surface area contributed by atoms with Crippen molar-refractivity contribution in [3.8, 4) is 33.4 Å². The van der Waals surface area contributed by atoms with Gasteiger partial charge in [-0.2, -0.15) is 0 Å². The van der Waals surface area contributed by atoms with Crippen molar-refractivity contribution < 1.29 is 26.4 Å². The molecule has 8 rings (SSSR count). The van der Waals surface area contributed by atoms with E-state index in [1.807, 2.05) is 77.7 Å². The number of nitrogens with zero attached hydrogens (tertiary/aromatic N) is 1. The van der Waals surface area contributed by atoms with Crippen LogP contribution in [0.15, 0.2) is 150 Å². The molecule has 0 spiro atoms. The molecule has 0 unspecified atom stereocenters. The van der Waals surface area contributed by atoms with Gasteiger partial charge < -0.3 is 9.32 Å². The van der Waals surface area contributed by atoms with Crippen LogP contribution < -0.4 is 4.90 Å². The van der Waals surface area contributed by atoms with Gasteiger partial charge >= 0.3 is 0 Å². The molecule has 7 aromatic carbocycles. The minimum atomic E-state index is -0.691. The van der Waals surface area contributed by atoms with Gasteiger partial charge in [0.15, 0.2) is 11.4 Å². The quantitative estimate of drug-likeness (QED) is 0.166. The molecule has 0 saturated carbocycles. The summed E-state index contributed by atoms with van der Waals surface area (Å²) in [4.78, 5) is 1.96. The topological polar surface area (TPSA) is 16.4 Å². The van der Waals surface area contributed by atoms with Gasteiger partial charge in [-0.1, -0.05) is 54.6 Å². The Morgan fingerprint density at radius 1 is 0.367 bits per heavy atom. The van der Waals surface area contributed by atoms with Gasteiger partial charge in [0, 0.05) is 40.0 Å². The number of fused-ring (bicyclic) bond motifs is 3. The van der Waals surface area contributed by atoms with E-state index in [4.69, 9.17) is 4.42 Å². The standard InChI is InChI=1S/C42H24F5NO/c43-31-15-29(16-32(44)23-31)26-6-2-9-36(20-26)48(37-10-3-7-27(21-37)30-17-33(45)24-34(46)18-30)35-8-1-5-25(19-35)28-13-14-38-39-11-4-12-40(47)42(39)49-41(38)22-28/h1-24H. The van der Waals surface area contributed by atoms with E-state index in [1.165, 1.54) is 30.3 Å². The fraction of sp³-hybridized carbons (Fsp3) is 0. The number of anilines is 3. The molecule has 0 aliphatic carbocycles. The van der Waals surface area contributed by atoms with E-state index in [0.717, 1.165) is 34.3 Å². The van der Waals surface area contributed by atoms with Crippen LogP contribution in [0.3, 0.4) is 0 Å². The normalized spacial score (nSPS) is 11.4. The third-order valence-corrected chi connectivity index (χ3v) is 8.49. The second-order valence-electron chi connectivity index (χ2n) is 11.7. The summed E-state index contributed by atoms with van der Waals surface area (Å²) in [5, 5.41) is 1.49. The molecule has 2 nitrogen and oxygen atoms in total. The van der Waals surface area contributed by atoms with E-state index in [-0.39, 0.29) is 5.58 Å². The minimum absolute atomic E-state index is 0.200. The SMILES string of the molecule is Fc1cc(F)cc(-c2cccc(N(c3cccc(-c4cc(F)cc(F)c4)c3)c3cccc(-c4ccc5c(c4)oc4c(F)cccc45)c3)c2)c1. The second-order valence-corrected chi connectivity index (χ2v) is 11.7.